The Kier molecular flexibility index (Phi) is 5.48. The van der Waals surface area contributed by atoms with E-state index in [4.69, 9.17) is 15.7 Å². The van der Waals surface area contributed by atoms with E-state index in [-0.39, 0.29) is 6.61 Å². The van der Waals surface area contributed by atoms with E-state index in [2.05, 4.69) is 27.2 Å². The number of aliphatic hydroxyl groups is 1. The molecule has 0 atom stereocenters. The van der Waals surface area contributed by atoms with Gasteiger partial charge in [0.2, 0.25) is 5.95 Å². The zero-order valence-electron chi connectivity index (χ0n) is 11.4. The highest BCUT2D eigenvalue weighted by atomic mass is 32.1. The lowest BCUT2D eigenvalue weighted by atomic mass is 10.3. The Morgan fingerprint density at radius 1 is 1.45 bits per heavy atom. The van der Waals surface area contributed by atoms with Crippen LogP contribution in [0.4, 0.5) is 11.8 Å². The first-order chi connectivity index (χ1) is 9.80. The minimum atomic E-state index is 0.0374. The Labute approximate surface area is 121 Å². The van der Waals surface area contributed by atoms with Crippen LogP contribution in [-0.2, 0) is 4.74 Å². The van der Waals surface area contributed by atoms with Crippen LogP contribution in [-0.4, -0.2) is 48.0 Å². The molecule has 0 aromatic carbocycles. The molecule has 0 radical (unpaired) electrons. The number of ether oxygens (including phenoxy) is 1. The Morgan fingerprint density at radius 3 is 3.00 bits per heavy atom. The number of anilines is 2. The van der Waals surface area contributed by atoms with Crippen molar-refractivity contribution in [1.29, 1.82) is 0 Å². The van der Waals surface area contributed by atoms with E-state index in [0.717, 1.165) is 22.6 Å². The van der Waals surface area contributed by atoms with Gasteiger partial charge in [-0.25, -0.2) is 10.8 Å². The van der Waals surface area contributed by atoms with Crippen LogP contribution in [0.2, 0.25) is 0 Å². The Morgan fingerprint density at radius 2 is 2.30 bits per heavy atom. The maximum atomic E-state index is 8.71. The third kappa shape index (κ3) is 3.34. The second-order valence-corrected chi connectivity index (χ2v) is 4.96. The van der Waals surface area contributed by atoms with Crippen LogP contribution in [0.1, 0.15) is 6.92 Å². The molecule has 0 fully saturated rings. The topological polar surface area (TPSA) is 96.5 Å². The maximum Gasteiger partial charge on any atom is 0.240 e. The standard InChI is InChI=1S/C12H19N5O2S/c1-2-17(4-6-19-7-5-18)10-9-3-8-20-11(9)15-12(14-10)16-13/h3,8,18H,2,4-7,13H2,1H3,(H,14,15,16). The van der Waals surface area contributed by atoms with Crippen LogP contribution >= 0.6 is 11.3 Å². The number of likely N-dealkylation sites (N-methyl/N-ethyl adjacent to an activating group) is 1. The van der Waals surface area contributed by atoms with Gasteiger partial charge in [0.25, 0.3) is 0 Å². The number of nitrogens with zero attached hydrogens (tertiary/aromatic N) is 3. The summed E-state index contributed by atoms with van der Waals surface area (Å²) in [5.74, 6) is 6.67. The third-order valence-corrected chi connectivity index (χ3v) is 3.66. The number of hydrazine groups is 1. The molecule has 2 aromatic rings. The first kappa shape index (κ1) is 14.9. The molecule has 2 heterocycles. The lowest BCUT2D eigenvalue weighted by Gasteiger charge is -2.22. The van der Waals surface area contributed by atoms with Crippen molar-refractivity contribution in [2.45, 2.75) is 6.92 Å². The van der Waals surface area contributed by atoms with E-state index in [1.807, 2.05) is 11.4 Å². The number of hydrogen-bond acceptors (Lipinski definition) is 8. The fraction of sp³-hybridized carbons (Fsp3) is 0.500. The minimum absolute atomic E-state index is 0.0374. The van der Waals surface area contributed by atoms with Crippen LogP contribution in [0.5, 0.6) is 0 Å². The largest absolute Gasteiger partial charge is 0.394 e. The molecule has 0 unspecified atom stereocenters. The molecule has 0 spiro atoms. The normalized spacial score (nSPS) is 10.9. The predicted octanol–water partition coefficient (Wildman–Crippen LogP) is 0.812. The van der Waals surface area contributed by atoms with Crippen molar-refractivity contribution in [2.24, 2.45) is 5.84 Å². The number of nitrogen functional groups attached to an aromatic ring is 1. The number of nitrogens with two attached hydrogens (primary N) is 1. The molecule has 4 N–H and O–H groups in total. The predicted molar refractivity (Wildman–Crippen MR) is 81.0 cm³/mol. The highest BCUT2D eigenvalue weighted by molar-refractivity contribution is 7.16. The molecule has 2 rings (SSSR count). The van der Waals surface area contributed by atoms with Crippen molar-refractivity contribution < 1.29 is 9.84 Å². The number of nitrogens with one attached hydrogen (secondary N) is 1. The van der Waals surface area contributed by atoms with Crippen molar-refractivity contribution in [3.8, 4) is 0 Å². The second kappa shape index (κ2) is 7.34. The van der Waals surface area contributed by atoms with Crippen LogP contribution in [0, 0.1) is 0 Å². The lowest BCUT2D eigenvalue weighted by Crippen LogP contribution is -2.29. The average molecular weight is 297 g/mol. The molecule has 110 valence electrons. The molecule has 0 bridgehead atoms. The van der Waals surface area contributed by atoms with Crippen molar-refractivity contribution in [3.63, 3.8) is 0 Å². The van der Waals surface area contributed by atoms with E-state index >= 15 is 0 Å². The van der Waals surface area contributed by atoms with Crippen LogP contribution in [0.15, 0.2) is 11.4 Å². The molecule has 8 heteroatoms. The van der Waals surface area contributed by atoms with Crippen LogP contribution < -0.4 is 16.2 Å². The fourth-order valence-electron chi connectivity index (χ4n) is 1.90. The molecule has 0 saturated heterocycles. The van der Waals surface area contributed by atoms with E-state index in [0.29, 0.717) is 25.7 Å². The molecule has 0 aliphatic rings. The quantitative estimate of drug-likeness (QED) is 0.377. The van der Waals surface area contributed by atoms with E-state index in [1.54, 1.807) is 11.3 Å². The molecular weight excluding hydrogens is 278 g/mol. The molecule has 2 aromatic heterocycles. The van der Waals surface area contributed by atoms with Gasteiger partial charge in [-0.3, -0.25) is 5.43 Å². The van der Waals surface area contributed by atoms with Gasteiger partial charge in [0.05, 0.1) is 25.2 Å². The Hall–Kier alpha value is -1.48. The number of aliphatic hydroxyl groups excluding tert-OH is 1. The summed E-state index contributed by atoms with van der Waals surface area (Å²) in [5, 5.41) is 11.7. The maximum absolute atomic E-state index is 8.71. The molecule has 7 nitrogen and oxygen atoms in total. The Balaban J connectivity index is 2.21. The summed E-state index contributed by atoms with van der Waals surface area (Å²) in [6.45, 7) is 4.48. The summed E-state index contributed by atoms with van der Waals surface area (Å²) in [4.78, 5) is 11.8. The molecule has 0 amide bonds. The summed E-state index contributed by atoms with van der Waals surface area (Å²) >= 11 is 1.55. The van der Waals surface area contributed by atoms with Gasteiger partial charge in [0, 0.05) is 13.1 Å². The van der Waals surface area contributed by atoms with Crippen molar-refractivity contribution in [1.82, 2.24) is 9.97 Å². The number of thiophene rings is 1. The van der Waals surface area contributed by atoms with Crippen molar-refractivity contribution in [3.05, 3.63) is 11.4 Å². The van der Waals surface area contributed by atoms with Crippen LogP contribution in [0.25, 0.3) is 10.2 Å². The molecular formula is C12H19N5O2S. The van der Waals surface area contributed by atoms with Gasteiger partial charge < -0.3 is 14.7 Å². The molecule has 0 aliphatic carbocycles. The lowest BCUT2D eigenvalue weighted by molar-refractivity contribution is 0.0967. The number of fused-ring (bicyclic) bond motifs is 1. The summed E-state index contributed by atoms with van der Waals surface area (Å²) in [7, 11) is 0. The summed E-state index contributed by atoms with van der Waals surface area (Å²) in [6.07, 6.45) is 0. The highest BCUT2D eigenvalue weighted by Gasteiger charge is 2.14. The van der Waals surface area contributed by atoms with Gasteiger partial charge in [-0.15, -0.1) is 11.3 Å². The summed E-state index contributed by atoms with van der Waals surface area (Å²) in [6, 6.07) is 2.01. The fourth-order valence-corrected chi connectivity index (χ4v) is 2.66. The summed E-state index contributed by atoms with van der Waals surface area (Å²) in [5.41, 5.74) is 2.50. The molecule has 20 heavy (non-hydrogen) atoms. The molecule has 0 aliphatic heterocycles. The monoisotopic (exact) mass is 297 g/mol. The summed E-state index contributed by atoms with van der Waals surface area (Å²) < 4.78 is 5.31. The first-order valence-electron chi connectivity index (χ1n) is 6.45. The first-order valence-corrected chi connectivity index (χ1v) is 7.33. The van der Waals surface area contributed by atoms with E-state index < -0.39 is 0 Å². The van der Waals surface area contributed by atoms with Gasteiger partial charge in [0.15, 0.2) is 0 Å². The van der Waals surface area contributed by atoms with E-state index in [1.165, 1.54) is 0 Å². The van der Waals surface area contributed by atoms with Crippen molar-refractivity contribution >= 4 is 33.3 Å². The minimum Gasteiger partial charge on any atom is -0.394 e. The molecule has 0 saturated carbocycles. The third-order valence-electron chi connectivity index (χ3n) is 2.86. The average Bonchev–Trinajstić information content (AvgIpc) is 2.95. The van der Waals surface area contributed by atoms with E-state index in [9.17, 15) is 0 Å². The zero-order chi connectivity index (χ0) is 14.4. The second-order valence-electron chi connectivity index (χ2n) is 4.07. The van der Waals surface area contributed by atoms with Gasteiger partial charge in [-0.1, -0.05) is 0 Å². The van der Waals surface area contributed by atoms with Crippen LogP contribution in [0.3, 0.4) is 0 Å². The van der Waals surface area contributed by atoms with Gasteiger partial charge in [-0.2, -0.15) is 4.98 Å². The SMILES string of the molecule is CCN(CCOCCO)c1nc(NN)nc2sccc12. The Bertz CT molecular complexity index is 548. The zero-order valence-corrected chi connectivity index (χ0v) is 12.2. The van der Waals surface area contributed by atoms with Gasteiger partial charge >= 0.3 is 0 Å². The van der Waals surface area contributed by atoms with Gasteiger partial charge in [-0.05, 0) is 18.4 Å². The number of aromatic nitrogens is 2. The van der Waals surface area contributed by atoms with Crippen molar-refractivity contribution in [2.75, 3.05) is 43.2 Å². The highest BCUT2D eigenvalue weighted by Crippen LogP contribution is 2.28. The number of hydrogen-bond donors (Lipinski definition) is 3. The smallest absolute Gasteiger partial charge is 0.240 e. The number of rotatable bonds is 8. The van der Waals surface area contributed by atoms with Gasteiger partial charge in [0.1, 0.15) is 10.6 Å².